The van der Waals surface area contributed by atoms with Gasteiger partial charge in [-0.25, -0.2) is 0 Å². The van der Waals surface area contributed by atoms with Gasteiger partial charge in [0.15, 0.2) is 0 Å². The lowest BCUT2D eigenvalue weighted by Gasteiger charge is -2.28. The molecule has 1 heterocycles. The first-order valence-corrected chi connectivity index (χ1v) is 11.1. The average Bonchev–Trinajstić information content (AvgIpc) is 3.01. The van der Waals surface area contributed by atoms with Crippen LogP contribution in [0.1, 0.15) is 31.0 Å². The van der Waals surface area contributed by atoms with Gasteiger partial charge >= 0.3 is 0 Å². The van der Waals surface area contributed by atoms with Crippen molar-refractivity contribution in [1.29, 1.82) is 0 Å². The van der Waals surface area contributed by atoms with E-state index >= 15 is 0 Å². The molecule has 1 aliphatic heterocycles. The van der Waals surface area contributed by atoms with Crippen molar-refractivity contribution in [1.82, 2.24) is 9.80 Å². The fraction of sp³-hybridized carbons (Fsp3) is 0.360. The number of hydrogen-bond donors (Lipinski definition) is 1. The number of likely N-dealkylation sites (tertiary alicyclic amines) is 1. The van der Waals surface area contributed by atoms with Gasteiger partial charge in [0.25, 0.3) is 11.7 Å². The van der Waals surface area contributed by atoms with E-state index in [1.165, 1.54) is 18.1 Å². The van der Waals surface area contributed by atoms with E-state index in [-0.39, 0.29) is 23.0 Å². The van der Waals surface area contributed by atoms with Gasteiger partial charge in [0.1, 0.15) is 17.3 Å². The lowest BCUT2D eigenvalue weighted by atomic mass is 9.94. The van der Waals surface area contributed by atoms with E-state index in [2.05, 4.69) is 0 Å². The number of amides is 1. The minimum atomic E-state index is -0.830. The lowest BCUT2D eigenvalue weighted by Crippen LogP contribution is -2.35. The maximum absolute atomic E-state index is 13.2. The fourth-order valence-corrected chi connectivity index (χ4v) is 3.99. The molecule has 1 unspecified atom stereocenters. The Morgan fingerprint density at radius 1 is 1.15 bits per heavy atom. The standard InChI is InChI=1S/C25H29ClN2O5/c1-15(2)33-20-9-7-6-8-17(20)22-21(24(30)25(31)28(22)13-12-27(3)4)23(29)18-14-16(26)10-11-19(18)32-5/h6-11,14-15,22,29H,12-13H2,1-5H3/b23-21+. The number of hydrogen-bond acceptors (Lipinski definition) is 6. The number of Topliss-reactive ketones (excluding diaryl/α,β-unsaturated/α-hetero) is 1. The van der Waals surface area contributed by atoms with Gasteiger partial charge < -0.3 is 24.4 Å². The quantitative estimate of drug-likeness (QED) is 0.353. The third-order valence-corrected chi connectivity index (χ3v) is 5.56. The Labute approximate surface area is 199 Å². The average molecular weight is 473 g/mol. The van der Waals surface area contributed by atoms with Crippen molar-refractivity contribution >= 4 is 29.1 Å². The monoisotopic (exact) mass is 472 g/mol. The summed E-state index contributed by atoms with van der Waals surface area (Å²) in [6.45, 7) is 4.63. The first-order valence-electron chi connectivity index (χ1n) is 10.7. The predicted molar refractivity (Wildman–Crippen MR) is 128 cm³/mol. The summed E-state index contributed by atoms with van der Waals surface area (Å²) < 4.78 is 11.4. The van der Waals surface area contributed by atoms with Crippen molar-refractivity contribution in [3.05, 3.63) is 64.2 Å². The molecule has 0 radical (unpaired) electrons. The minimum absolute atomic E-state index is 0.0286. The highest BCUT2D eigenvalue weighted by Crippen LogP contribution is 2.44. The molecule has 1 saturated heterocycles. The zero-order valence-electron chi connectivity index (χ0n) is 19.5. The number of likely N-dealkylation sites (N-methyl/N-ethyl adjacent to an activating group) is 1. The molecule has 0 aromatic heterocycles. The number of aliphatic hydroxyl groups excluding tert-OH is 1. The second kappa shape index (κ2) is 10.3. The predicted octanol–water partition coefficient (Wildman–Crippen LogP) is 4.12. The van der Waals surface area contributed by atoms with Gasteiger partial charge in [-0.2, -0.15) is 0 Å². The molecule has 33 heavy (non-hydrogen) atoms. The molecule has 176 valence electrons. The molecule has 1 amide bonds. The molecule has 7 nitrogen and oxygen atoms in total. The van der Waals surface area contributed by atoms with Crippen LogP contribution >= 0.6 is 11.6 Å². The van der Waals surface area contributed by atoms with E-state index in [4.69, 9.17) is 21.1 Å². The third kappa shape index (κ3) is 5.15. The van der Waals surface area contributed by atoms with E-state index in [1.807, 2.05) is 45.0 Å². The molecule has 1 N–H and O–H groups in total. The summed E-state index contributed by atoms with van der Waals surface area (Å²) in [7, 11) is 5.23. The molecule has 1 aliphatic rings. The molecule has 0 aliphatic carbocycles. The highest BCUT2D eigenvalue weighted by atomic mass is 35.5. The second-order valence-corrected chi connectivity index (χ2v) is 8.78. The van der Waals surface area contributed by atoms with Gasteiger partial charge in [0.05, 0.1) is 30.4 Å². The van der Waals surface area contributed by atoms with Gasteiger partial charge in [0.2, 0.25) is 0 Å². The van der Waals surface area contributed by atoms with Crippen LogP contribution in [0.25, 0.3) is 5.76 Å². The van der Waals surface area contributed by atoms with Gasteiger partial charge in [-0.1, -0.05) is 29.8 Å². The fourth-order valence-electron chi connectivity index (χ4n) is 3.82. The van der Waals surface area contributed by atoms with Gasteiger partial charge in [0, 0.05) is 23.7 Å². The Balaban J connectivity index is 2.26. The maximum Gasteiger partial charge on any atom is 0.295 e. The van der Waals surface area contributed by atoms with Crippen LogP contribution < -0.4 is 9.47 Å². The number of methoxy groups -OCH3 is 1. The summed E-state index contributed by atoms with van der Waals surface area (Å²) in [6.07, 6.45) is -0.122. The Bertz CT molecular complexity index is 1080. The Hall–Kier alpha value is -3.03. The Morgan fingerprint density at radius 2 is 1.85 bits per heavy atom. The first-order chi connectivity index (χ1) is 15.6. The topological polar surface area (TPSA) is 79.3 Å². The maximum atomic E-state index is 13.2. The summed E-state index contributed by atoms with van der Waals surface area (Å²) >= 11 is 6.16. The molecular weight excluding hydrogens is 444 g/mol. The molecule has 8 heteroatoms. The van der Waals surface area contributed by atoms with Crippen molar-refractivity contribution < 1.29 is 24.2 Å². The number of carbonyl (C=O) groups excluding carboxylic acids is 2. The molecule has 3 rings (SSSR count). The number of nitrogens with zero attached hydrogens (tertiary/aromatic N) is 2. The van der Waals surface area contributed by atoms with Gasteiger partial charge in [-0.15, -0.1) is 0 Å². The molecule has 1 atom stereocenters. The molecule has 2 aromatic carbocycles. The highest BCUT2D eigenvalue weighted by molar-refractivity contribution is 6.46. The first kappa shape index (κ1) is 24.6. The van der Waals surface area contributed by atoms with Crippen molar-refractivity contribution in [2.75, 3.05) is 34.3 Å². The van der Waals surface area contributed by atoms with E-state index in [0.29, 0.717) is 35.2 Å². The minimum Gasteiger partial charge on any atom is -0.507 e. The van der Waals surface area contributed by atoms with Gasteiger partial charge in [-0.3, -0.25) is 9.59 Å². The van der Waals surface area contributed by atoms with Crippen LogP contribution in [-0.2, 0) is 9.59 Å². The zero-order chi connectivity index (χ0) is 24.3. The van der Waals surface area contributed by atoms with Crippen molar-refractivity contribution in [3.8, 4) is 11.5 Å². The Kier molecular flexibility index (Phi) is 7.66. The normalized spacial score (nSPS) is 17.8. The van der Waals surface area contributed by atoms with Crippen LogP contribution in [0.3, 0.4) is 0 Å². The number of para-hydroxylation sites is 1. The van der Waals surface area contributed by atoms with E-state index in [9.17, 15) is 14.7 Å². The zero-order valence-corrected chi connectivity index (χ0v) is 20.2. The summed E-state index contributed by atoms with van der Waals surface area (Å²) in [5, 5.41) is 11.7. The van der Waals surface area contributed by atoms with E-state index < -0.39 is 17.7 Å². The van der Waals surface area contributed by atoms with Crippen LogP contribution in [0.15, 0.2) is 48.0 Å². The summed E-state index contributed by atoms with van der Waals surface area (Å²) in [5.74, 6) is -0.911. The van der Waals surface area contributed by atoms with Crippen LogP contribution in [0.5, 0.6) is 11.5 Å². The number of benzene rings is 2. The number of ketones is 1. The van der Waals surface area contributed by atoms with Crippen LogP contribution in [-0.4, -0.2) is 67.0 Å². The molecule has 1 fully saturated rings. The van der Waals surface area contributed by atoms with Crippen LogP contribution in [0.2, 0.25) is 5.02 Å². The molecular formula is C25H29ClN2O5. The van der Waals surface area contributed by atoms with E-state index in [1.54, 1.807) is 24.3 Å². The largest absolute Gasteiger partial charge is 0.507 e. The number of rotatable bonds is 8. The Morgan fingerprint density at radius 3 is 2.48 bits per heavy atom. The number of aliphatic hydroxyl groups is 1. The van der Waals surface area contributed by atoms with Crippen LogP contribution in [0.4, 0.5) is 0 Å². The molecule has 2 aromatic rings. The molecule has 0 saturated carbocycles. The van der Waals surface area contributed by atoms with Crippen LogP contribution in [0, 0.1) is 0 Å². The lowest BCUT2D eigenvalue weighted by molar-refractivity contribution is -0.140. The number of carbonyl (C=O) groups is 2. The summed E-state index contributed by atoms with van der Waals surface area (Å²) in [4.78, 5) is 29.8. The van der Waals surface area contributed by atoms with Crippen molar-refractivity contribution in [2.45, 2.75) is 26.0 Å². The number of halogens is 1. The SMILES string of the molecule is COc1ccc(Cl)cc1/C(O)=C1\C(=O)C(=O)N(CCN(C)C)C1c1ccccc1OC(C)C. The van der Waals surface area contributed by atoms with Crippen molar-refractivity contribution in [3.63, 3.8) is 0 Å². The smallest absolute Gasteiger partial charge is 0.295 e. The summed E-state index contributed by atoms with van der Waals surface area (Å²) in [6, 6.07) is 11.1. The number of ether oxygens (including phenoxy) is 2. The van der Waals surface area contributed by atoms with Crippen molar-refractivity contribution in [2.24, 2.45) is 0 Å². The third-order valence-electron chi connectivity index (χ3n) is 5.32. The molecule has 0 spiro atoms. The second-order valence-electron chi connectivity index (χ2n) is 8.34. The highest BCUT2D eigenvalue weighted by Gasteiger charge is 2.47. The molecule has 0 bridgehead atoms. The van der Waals surface area contributed by atoms with E-state index in [0.717, 1.165) is 0 Å². The summed E-state index contributed by atoms with van der Waals surface area (Å²) in [5.41, 5.74) is 0.827. The van der Waals surface area contributed by atoms with Gasteiger partial charge in [-0.05, 0) is 52.2 Å².